The minimum absolute atomic E-state index is 0.481. The number of rotatable bonds is 2. The Morgan fingerprint density at radius 2 is 2.17 bits per heavy atom. The van der Waals surface area contributed by atoms with Gasteiger partial charge in [-0.1, -0.05) is 42.3 Å². The van der Waals surface area contributed by atoms with Gasteiger partial charge in [0, 0.05) is 6.42 Å². The molecule has 3 atom stereocenters. The Labute approximate surface area is 121 Å². The molecule has 0 spiro atoms. The summed E-state index contributed by atoms with van der Waals surface area (Å²) in [5.74, 6) is 1.56. The Balaban J connectivity index is 0.000000771. The molecule has 0 aromatic carbocycles. The number of hydrogen-bond acceptors (Lipinski definition) is 1. The Hall–Kier alpha value is -0.290. The quantitative estimate of drug-likeness (QED) is 0.631. The molecule has 2 fully saturated rings. The van der Waals surface area contributed by atoms with Crippen LogP contribution in [0.2, 0.25) is 0 Å². The largest absolute Gasteiger partial charge is 0.198 e. The van der Waals surface area contributed by atoms with Crippen LogP contribution in [0.15, 0.2) is 10.6 Å². The fourth-order valence-electron chi connectivity index (χ4n) is 3.99. The average molecular weight is 312 g/mol. The predicted molar refractivity (Wildman–Crippen MR) is 81.4 cm³/mol. The van der Waals surface area contributed by atoms with Gasteiger partial charge in [0.25, 0.3) is 0 Å². The highest BCUT2D eigenvalue weighted by Gasteiger charge is 2.48. The van der Waals surface area contributed by atoms with Crippen molar-refractivity contribution in [3.63, 3.8) is 0 Å². The molecule has 0 heterocycles. The maximum Gasteiger partial charge on any atom is 0.0621 e. The fourth-order valence-corrected chi connectivity index (χ4v) is 4.54. The highest BCUT2D eigenvalue weighted by Crippen LogP contribution is 2.58. The van der Waals surface area contributed by atoms with E-state index in [1.54, 1.807) is 5.57 Å². The molecule has 0 bridgehead atoms. The van der Waals surface area contributed by atoms with Gasteiger partial charge >= 0.3 is 0 Å². The van der Waals surface area contributed by atoms with Gasteiger partial charge in [0.1, 0.15) is 0 Å². The summed E-state index contributed by atoms with van der Waals surface area (Å²) in [5.41, 5.74) is 2.10. The third-order valence-corrected chi connectivity index (χ3v) is 5.49. The van der Waals surface area contributed by atoms with Gasteiger partial charge < -0.3 is 0 Å². The first-order valence-electron chi connectivity index (χ1n) is 7.38. The number of nitrogens with zero attached hydrogens (tertiary/aromatic N) is 1. The number of fused-ring (bicyclic) bond motifs is 1. The summed E-state index contributed by atoms with van der Waals surface area (Å²) in [6, 6.07) is 2.31. The minimum atomic E-state index is 0.481. The van der Waals surface area contributed by atoms with Gasteiger partial charge in [-0.3, -0.25) is 0 Å². The summed E-state index contributed by atoms with van der Waals surface area (Å²) in [6.45, 7) is 6.46. The van der Waals surface area contributed by atoms with Crippen LogP contribution in [0.1, 0.15) is 65.7 Å². The van der Waals surface area contributed by atoms with Crippen LogP contribution in [-0.2, 0) is 0 Å². The first-order chi connectivity index (χ1) is 8.72. The van der Waals surface area contributed by atoms with Gasteiger partial charge in [0.05, 0.1) is 6.07 Å². The lowest BCUT2D eigenvalue weighted by molar-refractivity contribution is 0.130. The standard InChI is InChI=1S/C14H20BrN.C2H6/c1-14-8-2-4-11(10-15)13(14)7-6-12(14)5-3-9-16;1-2/h10,12-13H,2-8H2,1H3;1-2H3/b11-10+;/t12-,13?,14+;/m0./s1. The summed E-state index contributed by atoms with van der Waals surface area (Å²) in [5, 5.41) is 8.74. The molecule has 0 radical (unpaired) electrons. The van der Waals surface area contributed by atoms with E-state index < -0.39 is 0 Å². The Kier molecular flexibility index (Phi) is 6.43. The zero-order valence-electron chi connectivity index (χ0n) is 12.0. The third kappa shape index (κ3) is 2.99. The molecule has 0 aliphatic heterocycles. The van der Waals surface area contributed by atoms with Crippen LogP contribution in [0.4, 0.5) is 0 Å². The molecule has 1 unspecified atom stereocenters. The van der Waals surface area contributed by atoms with Crippen molar-refractivity contribution in [1.82, 2.24) is 0 Å². The first-order valence-corrected chi connectivity index (χ1v) is 8.30. The van der Waals surface area contributed by atoms with Crippen molar-refractivity contribution in [3.05, 3.63) is 10.6 Å². The van der Waals surface area contributed by atoms with E-state index in [0.29, 0.717) is 5.41 Å². The van der Waals surface area contributed by atoms with Crippen molar-refractivity contribution in [2.75, 3.05) is 0 Å². The van der Waals surface area contributed by atoms with Gasteiger partial charge in [-0.05, 0) is 60.8 Å². The third-order valence-electron chi connectivity index (χ3n) is 4.91. The maximum atomic E-state index is 8.74. The van der Waals surface area contributed by atoms with E-state index in [1.165, 1.54) is 32.1 Å². The van der Waals surface area contributed by atoms with Crippen LogP contribution < -0.4 is 0 Å². The predicted octanol–water partition coefficient (Wildman–Crippen LogP) is 5.81. The average Bonchev–Trinajstić information content (AvgIpc) is 2.75. The second-order valence-electron chi connectivity index (χ2n) is 5.57. The molecule has 0 aromatic heterocycles. The first kappa shape index (κ1) is 15.8. The van der Waals surface area contributed by atoms with Gasteiger partial charge in [-0.2, -0.15) is 5.26 Å². The molecule has 0 saturated heterocycles. The molecule has 18 heavy (non-hydrogen) atoms. The van der Waals surface area contributed by atoms with Crippen LogP contribution in [0.5, 0.6) is 0 Å². The summed E-state index contributed by atoms with van der Waals surface area (Å²) in [4.78, 5) is 2.17. The zero-order chi connectivity index (χ0) is 13.6. The number of allylic oxidation sites excluding steroid dienone is 1. The van der Waals surface area contributed by atoms with Crippen molar-refractivity contribution >= 4 is 15.9 Å². The zero-order valence-corrected chi connectivity index (χ0v) is 13.6. The molecule has 0 aromatic rings. The van der Waals surface area contributed by atoms with Crippen LogP contribution >= 0.6 is 15.9 Å². The topological polar surface area (TPSA) is 23.8 Å². The van der Waals surface area contributed by atoms with Crippen LogP contribution in [-0.4, -0.2) is 0 Å². The van der Waals surface area contributed by atoms with E-state index >= 15 is 0 Å². The van der Waals surface area contributed by atoms with Crippen LogP contribution in [0.25, 0.3) is 0 Å². The van der Waals surface area contributed by atoms with Gasteiger partial charge in [0.15, 0.2) is 0 Å². The van der Waals surface area contributed by atoms with E-state index in [9.17, 15) is 0 Å². The highest BCUT2D eigenvalue weighted by atomic mass is 79.9. The lowest BCUT2D eigenvalue weighted by Gasteiger charge is -2.42. The maximum absolute atomic E-state index is 8.74. The van der Waals surface area contributed by atoms with Crippen molar-refractivity contribution in [2.45, 2.75) is 65.7 Å². The molecule has 2 saturated carbocycles. The van der Waals surface area contributed by atoms with Gasteiger partial charge in [0.2, 0.25) is 0 Å². The smallest absolute Gasteiger partial charge is 0.0621 e. The number of hydrogen-bond donors (Lipinski definition) is 0. The Bertz CT molecular complexity index is 328. The molecular weight excluding hydrogens is 286 g/mol. The highest BCUT2D eigenvalue weighted by molar-refractivity contribution is 9.11. The molecule has 0 amide bonds. The second-order valence-corrected chi connectivity index (χ2v) is 6.02. The van der Waals surface area contributed by atoms with Crippen LogP contribution in [0, 0.1) is 28.6 Å². The molecule has 2 aliphatic rings. The molecular formula is C16H26BrN. The van der Waals surface area contributed by atoms with E-state index in [1.807, 2.05) is 13.8 Å². The number of nitriles is 1. The van der Waals surface area contributed by atoms with E-state index in [-0.39, 0.29) is 0 Å². The van der Waals surface area contributed by atoms with Crippen molar-refractivity contribution in [3.8, 4) is 6.07 Å². The molecule has 102 valence electrons. The summed E-state index contributed by atoms with van der Waals surface area (Å²) >= 11 is 3.53. The van der Waals surface area contributed by atoms with E-state index in [0.717, 1.165) is 24.7 Å². The molecule has 2 aliphatic carbocycles. The molecule has 2 rings (SSSR count). The number of halogens is 1. The van der Waals surface area contributed by atoms with Gasteiger partial charge in [-0.25, -0.2) is 0 Å². The van der Waals surface area contributed by atoms with Crippen LogP contribution in [0.3, 0.4) is 0 Å². The normalized spacial score (nSPS) is 36.5. The Morgan fingerprint density at radius 1 is 1.44 bits per heavy atom. The summed E-state index contributed by atoms with van der Waals surface area (Å²) in [6.07, 6.45) is 8.47. The van der Waals surface area contributed by atoms with E-state index in [2.05, 4.69) is 33.9 Å². The van der Waals surface area contributed by atoms with Gasteiger partial charge in [-0.15, -0.1) is 0 Å². The fraction of sp³-hybridized carbons (Fsp3) is 0.812. The molecule has 2 heteroatoms. The monoisotopic (exact) mass is 311 g/mol. The SMILES string of the molecule is CC.C[C@]12CCC/C(=C\Br)C1CC[C@@H]2CCC#N. The molecule has 0 N–H and O–H groups in total. The minimum Gasteiger partial charge on any atom is -0.198 e. The summed E-state index contributed by atoms with van der Waals surface area (Å²) < 4.78 is 0. The van der Waals surface area contributed by atoms with Crippen molar-refractivity contribution in [2.24, 2.45) is 17.3 Å². The summed E-state index contributed by atoms with van der Waals surface area (Å²) in [7, 11) is 0. The molecule has 1 nitrogen and oxygen atoms in total. The van der Waals surface area contributed by atoms with E-state index in [4.69, 9.17) is 5.26 Å². The lowest BCUT2D eigenvalue weighted by Crippen LogP contribution is -2.33. The Morgan fingerprint density at radius 3 is 2.78 bits per heavy atom. The lowest BCUT2D eigenvalue weighted by atomic mass is 9.63. The van der Waals surface area contributed by atoms with Crippen molar-refractivity contribution in [1.29, 1.82) is 5.26 Å². The second kappa shape index (κ2) is 7.34. The van der Waals surface area contributed by atoms with Crippen molar-refractivity contribution < 1.29 is 0 Å².